The molecular weight excluding hydrogens is 732 g/mol. The molecule has 4 amide bonds. The molecule has 0 spiro atoms. The Morgan fingerprint density at radius 2 is 1.21 bits per heavy atom. The summed E-state index contributed by atoms with van der Waals surface area (Å²) in [5.41, 5.74) is 3.73. The summed E-state index contributed by atoms with van der Waals surface area (Å²) in [4.78, 5) is 70.0. The smallest absolute Gasteiger partial charge is 0.407 e. The summed E-state index contributed by atoms with van der Waals surface area (Å²) in [6.07, 6.45) is 5.02. The van der Waals surface area contributed by atoms with E-state index in [9.17, 15) is 19.2 Å². The lowest BCUT2D eigenvalue weighted by Gasteiger charge is -2.30. The first-order valence-electron chi connectivity index (χ1n) is 19.2. The highest BCUT2D eigenvalue weighted by molar-refractivity contribution is 5.87. The van der Waals surface area contributed by atoms with Gasteiger partial charge in [-0.05, 0) is 73.4 Å². The number of hydrogen-bond donors (Lipinski definition) is 4. The average molecular weight is 781 g/mol. The molecular formula is C42H49FN8O6. The van der Waals surface area contributed by atoms with Crippen LogP contribution in [-0.4, -0.2) is 93.1 Å². The van der Waals surface area contributed by atoms with Crippen LogP contribution in [0.1, 0.15) is 88.2 Å². The topological polar surface area (TPSA) is 175 Å². The lowest BCUT2D eigenvalue weighted by atomic mass is 10.0. The molecule has 2 aromatic heterocycles. The SMILES string of the molecule is COC(=O)N[C@H](C(=O)N1CCC[C@H]1c1ncc(-c2ccc(C#Cc3ccc(-c4cnc([C@@H]5CCCN5C(=O)[C@@H](NC(=O)OC)C(C)C)[nH]4)c(F)c3)cc2)[nH]1)C(C)C. The number of imidazole rings is 2. The van der Waals surface area contributed by atoms with Crippen LogP contribution >= 0.6 is 0 Å². The molecule has 300 valence electrons. The summed E-state index contributed by atoms with van der Waals surface area (Å²) in [5, 5.41) is 5.31. The number of H-pyrrole nitrogens is 2. The third kappa shape index (κ3) is 9.12. The first-order valence-corrected chi connectivity index (χ1v) is 19.2. The third-order valence-electron chi connectivity index (χ3n) is 10.5. The fourth-order valence-corrected chi connectivity index (χ4v) is 7.37. The summed E-state index contributed by atoms with van der Waals surface area (Å²) in [7, 11) is 2.53. The molecule has 6 rings (SSSR count). The van der Waals surface area contributed by atoms with E-state index in [0.717, 1.165) is 36.1 Å². The minimum Gasteiger partial charge on any atom is -0.453 e. The van der Waals surface area contributed by atoms with Crippen molar-refractivity contribution in [3.05, 3.63) is 83.5 Å². The molecule has 2 aliphatic heterocycles. The van der Waals surface area contributed by atoms with Gasteiger partial charge in [-0.15, -0.1) is 0 Å². The molecule has 2 fully saturated rings. The van der Waals surface area contributed by atoms with Crippen LogP contribution < -0.4 is 10.6 Å². The third-order valence-corrected chi connectivity index (χ3v) is 10.5. The van der Waals surface area contributed by atoms with Gasteiger partial charge in [0.15, 0.2) is 0 Å². The number of carbonyl (C=O) groups excluding carboxylic acids is 4. The number of amides is 4. The largest absolute Gasteiger partial charge is 0.453 e. The van der Waals surface area contributed by atoms with Gasteiger partial charge < -0.3 is 39.9 Å². The van der Waals surface area contributed by atoms with Gasteiger partial charge in [0.1, 0.15) is 29.5 Å². The van der Waals surface area contributed by atoms with Crippen molar-refractivity contribution in [2.45, 2.75) is 77.5 Å². The fourth-order valence-electron chi connectivity index (χ4n) is 7.37. The summed E-state index contributed by atoms with van der Waals surface area (Å²) in [5.74, 6) is 6.24. The van der Waals surface area contributed by atoms with Gasteiger partial charge >= 0.3 is 12.2 Å². The van der Waals surface area contributed by atoms with Crippen molar-refractivity contribution in [2.75, 3.05) is 27.3 Å². The summed E-state index contributed by atoms with van der Waals surface area (Å²) in [6, 6.07) is 10.3. The summed E-state index contributed by atoms with van der Waals surface area (Å²) >= 11 is 0. The summed E-state index contributed by atoms with van der Waals surface area (Å²) in [6.45, 7) is 8.55. The Balaban J connectivity index is 1.10. The number of halogens is 1. The van der Waals surface area contributed by atoms with Crippen molar-refractivity contribution in [1.82, 2.24) is 40.4 Å². The van der Waals surface area contributed by atoms with Gasteiger partial charge in [-0.1, -0.05) is 51.7 Å². The van der Waals surface area contributed by atoms with Crippen LogP contribution in [0.15, 0.2) is 54.9 Å². The second-order valence-electron chi connectivity index (χ2n) is 15.0. The minimum atomic E-state index is -0.752. The van der Waals surface area contributed by atoms with E-state index in [1.54, 1.807) is 34.3 Å². The van der Waals surface area contributed by atoms with Gasteiger partial charge in [-0.3, -0.25) is 9.59 Å². The van der Waals surface area contributed by atoms with Crippen LogP contribution in [0.2, 0.25) is 0 Å². The fraction of sp³-hybridized carbons (Fsp3) is 0.429. The number of nitrogens with zero attached hydrogens (tertiary/aromatic N) is 4. The Hall–Kier alpha value is -6.17. The molecule has 2 aliphatic rings. The number of aromatic nitrogens is 4. The Labute approximate surface area is 331 Å². The number of benzene rings is 2. The van der Waals surface area contributed by atoms with Crippen LogP contribution in [0, 0.1) is 29.5 Å². The van der Waals surface area contributed by atoms with Gasteiger partial charge in [-0.2, -0.15) is 0 Å². The van der Waals surface area contributed by atoms with Crippen molar-refractivity contribution < 1.29 is 33.0 Å². The number of rotatable bonds is 10. The predicted molar refractivity (Wildman–Crippen MR) is 210 cm³/mol. The molecule has 4 atom stereocenters. The maximum absolute atomic E-state index is 15.5. The molecule has 2 saturated heterocycles. The molecule has 14 nitrogen and oxygen atoms in total. The number of nitrogens with one attached hydrogen (secondary N) is 4. The number of aromatic amines is 2. The van der Waals surface area contributed by atoms with E-state index in [1.165, 1.54) is 20.3 Å². The normalized spacial score (nSPS) is 17.6. The molecule has 4 heterocycles. The number of ether oxygens (including phenoxy) is 2. The zero-order chi connectivity index (χ0) is 40.8. The highest BCUT2D eigenvalue weighted by atomic mass is 19.1. The molecule has 0 aliphatic carbocycles. The predicted octanol–water partition coefficient (Wildman–Crippen LogP) is 6.09. The van der Waals surface area contributed by atoms with Crippen molar-refractivity contribution in [3.63, 3.8) is 0 Å². The number of methoxy groups -OCH3 is 2. The van der Waals surface area contributed by atoms with Crippen LogP contribution in [0.4, 0.5) is 14.0 Å². The van der Waals surface area contributed by atoms with Crippen LogP contribution in [0.25, 0.3) is 22.5 Å². The first kappa shape index (κ1) is 40.5. The molecule has 4 N–H and O–H groups in total. The minimum absolute atomic E-state index is 0.126. The standard InChI is InChI=1S/C42H49FN8O6/c1-24(2)35(48-41(54)56-5)39(52)50-19-7-9-33(50)37-44-22-31(46-37)28-16-13-26(14-17-28)11-12-27-15-18-29(30(43)21-27)32-23-45-38(47-32)34-10-8-20-51(34)40(53)36(25(3)4)49-42(55)57-6/h13-18,21-25,33-36H,7-10,19-20H2,1-6H3,(H,44,46)(H,45,47)(H,48,54)(H,49,55)/t33-,34-,35-,36-/m0/s1. The number of alkyl carbamates (subject to hydrolysis) is 2. The molecule has 0 unspecified atom stereocenters. The van der Waals surface area contributed by atoms with E-state index in [4.69, 9.17) is 9.47 Å². The van der Waals surface area contributed by atoms with Gasteiger partial charge in [0.05, 0.1) is 50.1 Å². The monoisotopic (exact) mass is 780 g/mol. The zero-order valence-electron chi connectivity index (χ0n) is 33.0. The van der Waals surface area contributed by atoms with E-state index >= 15 is 4.39 Å². The second kappa shape index (κ2) is 17.7. The Kier molecular flexibility index (Phi) is 12.6. The second-order valence-corrected chi connectivity index (χ2v) is 15.0. The molecule has 4 aromatic rings. The van der Waals surface area contributed by atoms with Gasteiger partial charge in [0.25, 0.3) is 0 Å². The molecule has 57 heavy (non-hydrogen) atoms. The number of carbonyl (C=O) groups is 4. The van der Waals surface area contributed by atoms with Gasteiger partial charge in [0, 0.05) is 29.8 Å². The quantitative estimate of drug-likeness (QED) is 0.140. The van der Waals surface area contributed by atoms with E-state index in [1.807, 2.05) is 52.0 Å². The van der Waals surface area contributed by atoms with E-state index < -0.39 is 30.1 Å². The maximum atomic E-state index is 15.5. The molecule has 2 aromatic carbocycles. The van der Waals surface area contributed by atoms with Gasteiger partial charge in [-0.25, -0.2) is 23.9 Å². The average Bonchev–Trinajstić information content (AvgIpc) is 4.04. The Bertz CT molecular complexity index is 2150. The molecule has 15 heteroatoms. The highest BCUT2D eigenvalue weighted by Crippen LogP contribution is 2.34. The van der Waals surface area contributed by atoms with Crippen molar-refractivity contribution in [1.29, 1.82) is 0 Å². The number of hydrogen-bond acceptors (Lipinski definition) is 8. The lowest BCUT2D eigenvalue weighted by Crippen LogP contribution is -2.51. The number of likely N-dealkylation sites (tertiary alicyclic amines) is 2. The highest BCUT2D eigenvalue weighted by Gasteiger charge is 2.39. The van der Waals surface area contributed by atoms with Crippen molar-refractivity contribution >= 4 is 24.0 Å². The summed E-state index contributed by atoms with van der Waals surface area (Å²) < 4.78 is 24.9. The molecule has 0 bridgehead atoms. The Morgan fingerprint density at radius 3 is 1.70 bits per heavy atom. The van der Waals surface area contributed by atoms with Crippen molar-refractivity contribution in [3.8, 4) is 34.4 Å². The lowest BCUT2D eigenvalue weighted by molar-refractivity contribution is -0.136. The van der Waals surface area contributed by atoms with E-state index in [-0.39, 0.29) is 35.7 Å². The van der Waals surface area contributed by atoms with Gasteiger partial charge in [0.2, 0.25) is 11.8 Å². The van der Waals surface area contributed by atoms with Crippen LogP contribution in [-0.2, 0) is 19.1 Å². The zero-order valence-corrected chi connectivity index (χ0v) is 33.0. The molecule has 0 radical (unpaired) electrons. The van der Waals surface area contributed by atoms with Crippen molar-refractivity contribution in [2.24, 2.45) is 11.8 Å². The van der Waals surface area contributed by atoms with E-state index in [0.29, 0.717) is 48.0 Å². The van der Waals surface area contributed by atoms with E-state index in [2.05, 4.69) is 42.4 Å². The Morgan fingerprint density at radius 1 is 0.737 bits per heavy atom. The van der Waals surface area contributed by atoms with Crippen LogP contribution in [0.3, 0.4) is 0 Å². The van der Waals surface area contributed by atoms with Crippen LogP contribution in [0.5, 0.6) is 0 Å². The first-order chi connectivity index (χ1) is 27.4. The maximum Gasteiger partial charge on any atom is 0.407 e. The molecule has 0 saturated carbocycles.